The highest BCUT2D eigenvalue weighted by molar-refractivity contribution is 6.30. The molecule has 0 radical (unpaired) electrons. The van der Waals surface area contributed by atoms with Gasteiger partial charge in [-0.2, -0.15) is 0 Å². The zero-order chi connectivity index (χ0) is 14.5. The molecule has 0 aliphatic carbocycles. The van der Waals surface area contributed by atoms with Crippen molar-refractivity contribution < 1.29 is 4.79 Å². The van der Waals surface area contributed by atoms with Gasteiger partial charge in [0.1, 0.15) is 6.04 Å². The van der Waals surface area contributed by atoms with Crippen LogP contribution >= 0.6 is 11.6 Å². The van der Waals surface area contributed by atoms with E-state index in [1.807, 2.05) is 38.1 Å². The Bertz CT molecular complexity index is 568. The summed E-state index contributed by atoms with van der Waals surface area (Å²) < 4.78 is 1.78. The maximum absolute atomic E-state index is 12.1. The van der Waals surface area contributed by atoms with Crippen molar-refractivity contribution in [3.8, 4) is 0 Å². The van der Waals surface area contributed by atoms with Crippen molar-refractivity contribution in [2.75, 3.05) is 0 Å². The number of rotatable bonds is 5. The zero-order valence-corrected chi connectivity index (χ0v) is 12.3. The van der Waals surface area contributed by atoms with E-state index in [0.717, 1.165) is 12.0 Å². The summed E-state index contributed by atoms with van der Waals surface area (Å²) in [6.07, 6.45) is 5.85. The van der Waals surface area contributed by atoms with Crippen LogP contribution < -0.4 is 5.32 Å². The van der Waals surface area contributed by atoms with E-state index in [9.17, 15) is 4.79 Å². The molecular formula is C15H18ClN3O. The fourth-order valence-electron chi connectivity index (χ4n) is 2.07. The minimum absolute atomic E-state index is 0.0162. The van der Waals surface area contributed by atoms with Crippen LogP contribution in [-0.4, -0.2) is 21.5 Å². The Kier molecular flexibility index (Phi) is 4.79. The van der Waals surface area contributed by atoms with Crippen molar-refractivity contribution in [2.45, 2.75) is 32.4 Å². The lowest BCUT2D eigenvalue weighted by molar-refractivity contribution is -0.124. The zero-order valence-electron chi connectivity index (χ0n) is 11.6. The van der Waals surface area contributed by atoms with Crippen LogP contribution in [0.4, 0.5) is 0 Å². The van der Waals surface area contributed by atoms with Gasteiger partial charge in [0.25, 0.3) is 0 Å². The van der Waals surface area contributed by atoms with Crippen molar-refractivity contribution in [3.63, 3.8) is 0 Å². The number of aromatic nitrogens is 2. The summed E-state index contributed by atoms with van der Waals surface area (Å²) in [7, 11) is 0. The molecule has 0 spiro atoms. The molecule has 5 heteroatoms. The van der Waals surface area contributed by atoms with Gasteiger partial charge in [-0.1, -0.05) is 23.7 Å². The largest absolute Gasteiger partial charge is 0.352 e. The Balaban J connectivity index is 1.91. The number of carbonyl (C=O) groups excluding carboxylic acids is 1. The van der Waals surface area contributed by atoms with Gasteiger partial charge >= 0.3 is 0 Å². The first-order valence-corrected chi connectivity index (χ1v) is 6.96. The second-order valence-corrected chi connectivity index (χ2v) is 5.37. The summed E-state index contributed by atoms with van der Waals surface area (Å²) in [5.74, 6) is -0.0162. The van der Waals surface area contributed by atoms with E-state index < -0.39 is 0 Å². The van der Waals surface area contributed by atoms with Gasteiger partial charge in [-0.3, -0.25) is 4.79 Å². The number of amides is 1. The predicted molar refractivity (Wildman–Crippen MR) is 79.7 cm³/mol. The highest BCUT2D eigenvalue weighted by Crippen LogP contribution is 2.13. The van der Waals surface area contributed by atoms with Crippen LogP contribution in [0.25, 0.3) is 0 Å². The topological polar surface area (TPSA) is 46.9 Å². The van der Waals surface area contributed by atoms with Crippen LogP contribution in [0.2, 0.25) is 5.02 Å². The number of hydrogen-bond donors (Lipinski definition) is 1. The molecule has 106 valence electrons. The summed E-state index contributed by atoms with van der Waals surface area (Å²) >= 11 is 5.95. The Morgan fingerprint density at radius 3 is 2.90 bits per heavy atom. The summed E-state index contributed by atoms with van der Waals surface area (Å²) in [6.45, 7) is 3.84. The molecule has 4 nitrogen and oxygen atoms in total. The van der Waals surface area contributed by atoms with E-state index >= 15 is 0 Å². The van der Waals surface area contributed by atoms with E-state index in [2.05, 4.69) is 10.3 Å². The van der Waals surface area contributed by atoms with Crippen molar-refractivity contribution in [3.05, 3.63) is 53.6 Å². The Hall–Kier alpha value is -1.81. The molecule has 1 heterocycles. The number of carbonyl (C=O) groups is 1. The van der Waals surface area contributed by atoms with Crippen LogP contribution in [0.5, 0.6) is 0 Å². The van der Waals surface area contributed by atoms with E-state index in [1.165, 1.54) is 0 Å². The Labute approximate surface area is 123 Å². The van der Waals surface area contributed by atoms with Crippen LogP contribution in [0.15, 0.2) is 43.0 Å². The minimum atomic E-state index is -0.265. The van der Waals surface area contributed by atoms with Gasteiger partial charge in [0.05, 0.1) is 6.33 Å². The first kappa shape index (κ1) is 14.6. The highest BCUT2D eigenvalue weighted by atomic mass is 35.5. The average Bonchev–Trinajstić information content (AvgIpc) is 2.91. The van der Waals surface area contributed by atoms with Crippen molar-refractivity contribution >= 4 is 17.5 Å². The van der Waals surface area contributed by atoms with Gasteiger partial charge in [-0.25, -0.2) is 4.98 Å². The van der Waals surface area contributed by atoms with Crippen LogP contribution in [-0.2, 0) is 11.2 Å². The number of imidazole rings is 1. The molecule has 2 rings (SSSR count). The van der Waals surface area contributed by atoms with Crippen LogP contribution in [0.1, 0.15) is 25.5 Å². The molecule has 2 unspecified atom stereocenters. The average molecular weight is 292 g/mol. The summed E-state index contributed by atoms with van der Waals surface area (Å²) in [6, 6.07) is 7.47. The molecule has 20 heavy (non-hydrogen) atoms. The number of halogens is 1. The summed E-state index contributed by atoms with van der Waals surface area (Å²) in [5, 5.41) is 3.72. The maximum atomic E-state index is 12.1. The van der Waals surface area contributed by atoms with E-state index in [4.69, 9.17) is 11.6 Å². The number of nitrogens with zero attached hydrogens (tertiary/aromatic N) is 2. The van der Waals surface area contributed by atoms with Gasteiger partial charge in [0.15, 0.2) is 0 Å². The molecule has 0 aliphatic rings. The third-order valence-electron chi connectivity index (χ3n) is 3.17. The lowest BCUT2D eigenvalue weighted by atomic mass is 10.1. The number of benzene rings is 1. The van der Waals surface area contributed by atoms with Crippen LogP contribution in [0, 0.1) is 0 Å². The van der Waals surface area contributed by atoms with Gasteiger partial charge in [0.2, 0.25) is 5.91 Å². The molecule has 0 aliphatic heterocycles. The molecule has 1 amide bonds. The van der Waals surface area contributed by atoms with E-state index in [0.29, 0.717) is 5.02 Å². The quantitative estimate of drug-likeness (QED) is 0.921. The Morgan fingerprint density at radius 2 is 2.25 bits per heavy atom. The first-order valence-electron chi connectivity index (χ1n) is 6.58. The molecule has 0 fully saturated rings. The third kappa shape index (κ3) is 3.84. The molecule has 1 aromatic heterocycles. The van der Waals surface area contributed by atoms with E-state index in [-0.39, 0.29) is 18.0 Å². The highest BCUT2D eigenvalue weighted by Gasteiger charge is 2.16. The van der Waals surface area contributed by atoms with Gasteiger partial charge in [0, 0.05) is 23.5 Å². The lowest BCUT2D eigenvalue weighted by Crippen LogP contribution is -2.38. The van der Waals surface area contributed by atoms with Gasteiger partial charge in [-0.15, -0.1) is 0 Å². The molecule has 2 aromatic rings. The second kappa shape index (κ2) is 6.57. The second-order valence-electron chi connectivity index (χ2n) is 4.93. The van der Waals surface area contributed by atoms with Gasteiger partial charge < -0.3 is 9.88 Å². The van der Waals surface area contributed by atoms with Crippen molar-refractivity contribution in [2.24, 2.45) is 0 Å². The van der Waals surface area contributed by atoms with Gasteiger partial charge in [-0.05, 0) is 38.0 Å². The third-order valence-corrected chi connectivity index (χ3v) is 3.41. The normalized spacial score (nSPS) is 13.8. The maximum Gasteiger partial charge on any atom is 0.243 e. The molecule has 0 saturated heterocycles. The molecule has 0 saturated carbocycles. The fraction of sp³-hybridized carbons (Fsp3) is 0.333. The standard InChI is InChI=1S/C15H18ClN3O/c1-11(8-13-4-3-5-14(16)9-13)18-15(20)12(2)19-7-6-17-10-19/h3-7,9-12H,8H2,1-2H3,(H,18,20). The number of hydrogen-bond acceptors (Lipinski definition) is 2. The Morgan fingerprint density at radius 1 is 1.45 bits per heavy atom. The smallest absolute Gasteiger partial charge is 0.243 e. The molecular weight excluding hydrogens is 274 g/mol. The van der Waals surface area contributed by atoms with Crippen LogP contribution in [0.3, 0.4) is 0 Å². The van der Waals surface area contributed by atoms with Crippen molar-refractivity contribution in [1.29, 1.82) is 0 Å². The first-order chi connectivity index (χ1) is 9.56. The summed E-state index contributed by atoms with van der Waals surface area (Å²) in [4.78, 5) is 16.1. The lowest BCUT2D eigenvalue weighted by Gasteiger charge is -2.18. The molecule has 1 aromatic carbocycles. The van der Waals surface area contributed by atoms with Crippen molar-refractivity contribution in [1.82, 2.24) is 14.9 Å². The minimum Gasteiger partial charge on any atom is -0.352 e. The monoisotopic (exact) mass is 291 g/mol. The SMILES string of the molecule is CC(Cc1cccc(Cl)c1)NC(=O)C(C)n1ccnc1. The molecule has 0 bridgehead atoms. The fourth-order valence-corrected chi connectivity index (χ4v) is 2.28. The molecule has 1 N–H and O–H groups in total. The number of nitrogens with one attached hydrogen (secondary N) is 1. The summed E-state index contributed by atoms with van der Waals surface area (Å²) in [5.41, 5.74) is 1.11. The predicted octanol–water partition coefficient (Wildman–Crippen LogP) is 2.84. The van der Waals surface area contributed by atoms with E-state index in [1.54, 1.807) is 23.3 Å². The molecule has 2 atom stereocenters.